The predicted molar refractivity (Wildman–Crippen MR) is 126 cm³/mol. The third-order valence-electron chi connectivity index (χ3n) is 4.74. The lowest BCUT2D eigenvalue weighted by molar-refractivity contribution is -0.150. The van der Waals surface area contributed by atoms with Gasteiger partial charge in [0.15, 0.2) is 6.61 Å². The molecule has 0 bridgehead atoms. The van der Waals surface area contributed by atoms with Crippen LogP contribution < -0.4 is 10.1 Å². The van der Waals surface area contributed by atoms with Gasteiger partial charge in [0.25, 0.3) is 17.1 Å². The fourth-order valence-corrected chi connectivity index (χ4v) is 3.93. The molecule has 1 saturated heterocycles. The maximum Gasteiger partial charge on any atom is 0.329 e. The second-order valence-electron chi connectivity index (χ2n) is 7.22. The summed E-state index contributed by atoms with van der Waals surface area (Å²) in [5, 5.41) is 2.20. The van der Waals surface area contributed by atoms with E-state index in [9.17, 15) is 19.2 Å². The van der Waals surface area contributed by atoms with Gasteiger partial charge in [0.1, 0.15) is 11.8 Å². The van der Waals surface area contributed by atoms with Crippen LogP contribution in [0, 0.1) is 6.92 Å². The Morgan fingerprint density at radius 2 is 1.82 bits per heavy atom. The highest BCUT2D eigenvalue weighted by Gasteiger charge is 2.41. The summed E-state index contributed by atoms with van der Waals surface area (Å²) < 4.78 is 10.6. The van der Waals surface area contributed by atoms with Gasteiger partial charge in [-0.25, -0.2) is 4.79 Å². The van der Waals surface area contributed by atoms with E-state index in [1.54, 1.807) is 43.3 Å². The van der Waals surface area contributed by atoms with Gasteiger partial charge in [-0.15, -0.1) is 0 Å². The lowest BCUT2D eigenvalue weighted by atomic mass is 10.1. The zero-order valence-electron chi connectivity index (χ0n) is 18.5. The zero-order valence-corrected chi connectivity index (χ0v) is 19.3. The van der Waals surface area contributed by atoms with Crippen molar-refractivity contribution in [1.29, 1.82) is 0 Å². The molecule has 1 aliphatic rings. The molecule has 8 nitrogen and oxygen atoms in total. The Balaban J connectivity index is 1.70. The van der Waals surface area contributed by atoms with Gasteiger partial charge in [0, 0.05) is 11.3 Å². The molecule has 1 atom stereocenters. The number of thioether (sulfide) groups is 1. The number of benzene rings is 2. The highest BCUT2D eigenvalue weighted by molar-refractivity contribution is 8.18. The maximum absolute atomic E-state index is 12.8. The molecular formula is C24H24N2O6S. The number of carbonyl (C=O) groups is 4. The zero-order chi connectivity index (χ0) is 24.0. The number of ether oxygens (including phenoxy) is 2. The van der Waals surface area contributed by atoms with Crippen LogP contribution in [0.2, 0.25) is 0 Å². The first kappa shape index (κ1) is 24.1. The number of rotatable bonds is 8. The molecule has 3 rings (SSSR count). The normalized spacial score (nSPS) is 15.5. The van der Waals surface area contributed by atoms with Crippen LogP contribution in [-0.4, -0.2) is 47.2 Å². The molecule has 0 aliphatic carbocycles. The van der Waals surface area contributed by atoms with Gasteiger partial charge in [0.2, 0.25) is 0 Å². The number of amides is 3. The number of aryl methyl sites for hydroxylation is 1. The summed E-state index contributed by atoms with van der Waals surface area (Å²) in [5.41, 5.74) is 2.26. The molecule has 0 radical (unpaired) electrons. The van der Waals surface area contributed by atoms with Gasteiger partial charge < -0.3 is 14.8 Å². The van der Waals surface area contributed by atoms with Crippen LogP contribution in [0.15, 0.2) is 53.4 Å². The third-order valence-corrected chi connectivity index (χ3v) is 5.62. The van der Waals surface area contributed by atoms with Crippen LogP contribution in [0.25, 0.3) is 6.08 Å². The van der Waals surface area contributed by atoms with E-state index in [4.69, 9.17) is 9.47 Å². The van der Waals surface area contributed by atoms with Gasteiger partial charge >= 0.3 is 5.97 Å². The molecule has 172 valence electrons. The molecule has 1 aliphatic heterocycles. The molecule has 1 heterocycles. The van der Waals surface area contributed by atoms with Crippen molar-refractivity contribution < 1.29 is 28.7 Å². The SMILES string of the molecule is CCOC(=O)[C@H](C)N1C(=O)S/C(=C/c2ccccc2OCC(=O)Nc2ccc(C)cc2)C1=O. The highest BCUT2D eigenvalue weighted by Crippen LogP contribution is 2.35. The molecule has 0 saturated carbocycles. The van der Waals surface area contributed by atoms with Crippen LogP contribution in [0.4, 0.5) is 10.5 Å². The van der Waals surface area contributed by atoms with Crippen molar-refractivity contribution in [2.45, 2.75) is 26.8 Å². The monoisotopic (exact) mass is 468 g/mol. The average Bonchev–Trinajstić information content (AvgIpc) is 3.07. The first-order chi connectivity index (χ1) is 15.8. The Kier molecular flexibility index (Phi) is 7.89. The molecule has 0 aromatic heterocycles. The number of nitrogens with one attached hydrogen (secondary N) is 1. The van der Waals surface area contributed by atoms with Crippen LogP contribution in [0.3, 0.4) is 0 Å². The largest absolute Gasteiger partial charge is 0.483 e. The van der Waals surface area contributed by atoms with Crippen LogP contribution in [-0.2, 0) is 19.1 Å². The smallest absolute Gasteiger partial charge is 0.329 e. The van der Waals surface area contributed by atoms with E-state index in [1.165, 1.54) is 13.0 Å². The minimum absolute atomic E-state index is 0.149. The van der Waals surface area contributed by atoms with Crippen LogP contribution in [0.5, 0.6) is 5.75 Å². The van der Waals surface area contributed by atoms with Gasteiger partial charge in [-0.2, -0.15) is 0 Å². The Morgan fingerprint density at radius 1 is 1.12 bits per heavy atom. The summed E-state index contributed by atoms with van der Waals surface area (Å²) in [6.45, 7) is 4.96. The number of hydrogen-bond acceptors (Lipinski definition) is 7. The molecule has 2 aromatic carbocycles. The van der Waals surface area contributed by atoms with Gasteiger partial charge in [-0.1, -0.05) is 35.9 Å². The van der Waals surface area contributed by atoms with Crippen molar-refractivity contribution in [3.05, 3.63) is 64.6 Å². The maximum atomic E-state index is 12.8. The van der Waals surface area contributed by atoms with Crippen molar-refractivity contribution in [3.63, 3.8) is 0 Å². The molecule has 3 amide bonds. The molecule has 1 fully saturated rings. The molecule has 1 N–H and O–H groups in total. The molecular weight excluding hydrogens is 444 g/mol. The number of para-hydroxylation sites is 1. The van der Waals surface area contributed by atoms with Crippen molar-refractivity contribution in [2.24, 2.45) is 0 Å². The molecule has 33 heavy (non-hydrogen) atoms. The van der Waals surface area contributed by atoms with Gasteiger partial charge in [-0.3, -0.25) is 19.3 Å². The predicted octanol–water partition coefficient (Wildman–Crippen LogP) is 4.00. The quantitative estimate of drug-likeness (QED) is 0.461. The van der Waals surface area contributed by atoms with Gasteiger partial charge in [0.05, 0.1) is 11.5 Å². The lowest BCUT2D eigenvalue weighted by Crippen LogP contribution is -2.42. The van der Waals surface area contributed by atoms with E-state index >= 15 is 0 Å². The first-order valence-electron chi connectivity index (χ1n) is 10.3. The number of nitrogens with zero attached hydrogens (tertiary/aromatic N) is 1. The molecule has 0 spiro atoms. The Hall–Kier alpha value is -3.59. The number of hydrogen-bond donors (Lipinski definition) is 1. The summed E-state index contributed by atoms with van der Waals surface area (Å²) in [6, 6.07) is 13.2. The minimum atomic E-state index is -1.03. The molecule has 2 aromatic rings. The van der Waals surface area contributed by atoms with E-state index in [0.717, 1.165) is 22.2 Å². The van der Waals surface area contributed by atoms with Crippen molar-refractivity contribution in [2.75, 3.05) is 18.5 Å². The van der Waals surface area contributed by atoms with Crippen LogP contribution in [0.1, 0.15) is 25.0 Å². The lowest BCUT2D eigenvalue weighted by Gasteiger charge is -2.19. The Labute approximate surface area is 195 Å². The first-order valence-corrected chi connectivity index (χ1v) is 11.1. The summed E-state index contributed by atoms with van der Waals surface area (Å²) in [5.74, 6) is -1.19. The van der Waals surface area contributed by atoms with E-state index in [2.05, 4.69) is 5.32 Å². The standard InChI is InChI=1S/C24H24N2O6S/c1-4-31-23(29)16(3)26-22(28)20(33-24(26)30)13-17-7-5-6-8-19(17)32-14-21(27)25-18-11-9-15(2)10-12-18/h5-13,16H,4,14H2,1-3H3,(H,25,27)/b20-13+/t16-/m0/s1. The Bertz CT molecular complexity index is 1100. The van der Waals surface area contributed by atoms with Crippen molar-refractivity contribution in [3.8, 4) is 5.75 Å². The highest BCUT2D eigenvalue weighted by atomic mass is 32.2. The number of carbonyl (C=O) groups excluding carboxylic acids is 4. The minimum Gasteiger partial charge on any atom is -0.483 e. The number of esters is 1. The second-order valence-corrected chi connectivity index (χ2v) is 8.21. The van der Waals surface area contributed by atoms with Crippen molar-refractivity contribution in [1.82, 2.24) is 4.90 Å². The number of imide groups is 1. The van der Waals surface area contributed by atoms with E-state index in [1.807, 2.05) is 19.1 Å². The summed E-state index contributed by atoms with van der Waals surface area (Å²) in [7, 11) is 0. The van der Waals surface area contributed by atoms with E-state index in [-0.39, 0.29) is 24.0 Å². The Morgan fingerprint density at radius 3 is 2.52 bits per heavy atom. The molecule has 0 unspecified atom stereocenters. The van der Waals surface area contributed by atoms with Crippen molar-refractivity contribution >= 4 is 46.5 Å². The van der Waals surface area contributed by atoms with E-state index in [0.29, 0.717) is 17.0 Å². The second kappa shape index (κ2) is 10.8. The summed E-state index contributed by atoms with van der Waals surface area (Å²) in [4.78, 5) is 50.4. The fraction of sp³-hybridized carbons (Fsp3) is 0.250. The van der Waals surface area contributed by atoms with E-state index < -0.39 is 23.2 Å². The average molecular weight is 469 g/mol. The third kappa shape index (κ3) is 6.01. The molecule has 9 heteroatoms. The fourth-order valence-electron chi connectivity index (χ4n) is 3.03. The van der Waals surface area contributed by atoms with Crippen LogP contribution >= 0.6 is 11.8 Å². The van der Waals surface area contributed by atoms with Gasteiger partial charge in [-0.05, 0) is 56.8 Å². The summed E-state index contributed by atoms with van der Waals surface area (Å²) >= 11 is 0.732. The number of anilines is 1. The summed E-state index contributed by atoms with van der Waals surface area (Å²) in [6.07, 6.45) is 1.51. The topological polar surface area (TPSA) is 102 Å².